The van der Waals surface area contributed by atoms with Crippen molar-refractivity contribution in [1.29, 1.82) is 0 Å². The van der Waals surface area contributed by atoms with Crippen LogP contribution in [0.15, 0.2) is 0 Å². The number of carboxylic acid groups (broad SMARTS) is 1. The first-order valence-corrected chi connectivity index (χ1v) is 6.05. The molecule has 0 bridgehead atoms. The van der Waals surface area contributed by atoms with Crippen LogP contribution in [-0.2, 0) is 9.59 Å². The first-order chi connectivity index (χ1) is 7.82. The van der Waals surface area contributed by atoms with Gasteiger partial charge in [-0.3, -0.25) is 14.5 Å². The van der Waals surface area contributed by atoms with Gasteiger partial charge in [-0.15, -0.1) is 0 Å². The second-order valence-electron chi connectivity index (χ2n) is 5.29. The first-order valence-electron chi connectivity index (χ1n) is 6.05. The quantitative estimate of drug-likeness (QED) is 0.786. The van der Waals surface area contributed by atoms with E-state index < -0.39 is 12.0 Å². The molecule has 1 fully saturated rings. The van der Waals surface area contributed by atoms with E-state index in [0.717, 1.165) is 6.54 Å². The maximum Gasteiger partial charge on any atom is 0.305 e. The Morgan fingerprint density at radius 1 is 1.53 bits per heavy atom. The van der Waals surface area contributed by atoms with Gasteiger partial charge in [0.25, 0.3) is 0 Å². The van der Waals surface area contributed by atoms with Crippen molar-refractivity contribution in [3.05, 3.63) is 0 Å². The molecule has 0 aromatic heterocycles. The molecule has 1 saturated heterocycles. The van der Waals surface area contributed by atoms with Gasteiger partial charge in [0.05, 0.1) is 12.5 Å². The summed E-state index contributed by atoms with van der Waals surface area (Å²) in [7, 11) is 1.81. The Kier molecular flexibility index (Phi) is 4.51. The molecule has 1 aliphatic rings. The average Bonchev–Trinajstić information content (AvgIpc) is 2.18. The Bertz CT molecular complexity index is 304. The van der Waals surface area contributed by atoms with Gasteiger partial charge in [-0.05, 0) is 19.9 Å². The topological polar surface area (TPSA) is 60.9 Å². The Labute approximate surface area is 102 Å². The van der Waals surface area contributed by atoms with Gasteiger partial charge in [-0.2, -0.15) is 0 Å². The highest BCUT2D eigenvalue weighted by Crippen LogP contribution is 2.18. The summed E-state index contributed by atoms with van der Waals surface area (Å²) in [6, 6.07) is -0.359. The summed E-state index contributed by atoms with van der Waals surface area (Å²) in [5, 5.41) is 8.84. The number of hydrogen-bond donors (Lipinski definition) is 1. The summed E-state index contributed by atoms with van der Waals surface area (Å²) in [5.74, 6) is -0.577. The highest BCUT2D eigenvalue weighted by Gasteiger charge is 2.37. The number of nitrogens with zero attached hydrogens (tertiary/aromatic N) is 2. The van der Waals surface area contributed by atoms with E-state index in [1.165, 1.54) is 0 Å². The Balaban J connectivity index is 2.79. The summed E-state index contributed by atoms with van der Waals surface area (Å²) >= 11 is 0. The molecule has 0 aromatic carbocycles. The minimum atomic E-state index is -0.922. The van der Waals surface area contributed by atoms with Crippen LogP contribution < -0.4 is 0 Å². The van der Waals surface area contributed by atoms with E-state index in [9.17, 15) is 9.59 Å². The van der Waals surface area contributed by atoms with Crippen molar-refractivity contribution >= 4 is 11.9 Å². The van der Waals surface area contributed by atoms with Crippen molar-refractivity contribution in [3.8, 4) is 0 Å². The fourth-order valence-corrected chi connectivity index (χ4v) is 2.31. The molecule has 2 atom stereocenters. The lowest BCUT2D eigenvalue weighted by Crippen LogP contribution is -2.60. The predicted octanol–water partition coefficient (Wildman–Crippen LogP) is 0.648. The Morgan fingerprint density at radius 2 is 2.12 bits per heavy atom. The van der Waals surface area contributed by atoms with E-state index >= 15 is 0 Å². The number of carbonyl (C=O) groups is 2. The summed E-state index contributed by atoms with van der Waals surface area (Å²) in [6.07, 6.45) is -0.114. The molecule has 1 aliphatic heterocycles. The second kappa shape index (κ2) is 5.49. The third-order valence-electron chi connectivity index (χ3n) is 3.11. The third-order valence-corrected chi connectivity index (χ3v) is 3.11. The SMILES string of the molecule is CC(C)CN1C(=O)C(CC(=O)O)N(C)CC1C. The third kappa shape index (κ3) is 3.43. The van der Waals surface area contributed by atoms with E-state index in [4.69, 9.17) is 5.11 Å². The van der Waals surface area contributed by atoms with Crippen LogP contribution in [0.2, 0.25) is 0 Å². The number of aliphatic carboxylic acids is 1. The van der Waals surface area contributed by atoms with Gasteiger partial charge in [-0.25, -0.2) is 0 Å². The molecule has 0 aliphatic carbocycles. The van der Waals surface area contributed by atoms with Gasteiger partial charge in [-0.1, -0.05) is 13.8 Å². The molecule has 5 heteroatoms. The molecule has 1 amide bonds. The molecule has 0 radical (unpaired) electrons. The number of carboxylic acids is 1. The molecule has 98 valence electrons. The van der Waals surface area contributed by atoms with Gasteiger partial charge in [0, 0.05) is 19.1 Å². The molecular weight excluding hydrogens is 220 g/mol. The van der Waals surface area contributed by atoms with Crippen LogP contribution in [0.4, 0.5) is 0 Å². The normalized spacial score (nSPS) is 26.6. The first kappa shape index (κ1) is 14.0. The molecule has 1 heterocycles. The lowest BCUT2D eigenvalue weighted by molar-refractivity contribution is -0.151. The molecule has 17 heavy (non-hydrogen) atoms. The number of piperazine rings is 1. The molecule has 0 spiro atoms. The molecule has 0 aromatic rings. The Hall–Kier alpha value is -1.10. The molecule has 0 saturated carbocycles. The zero-order valence-electron chi connectivity index (χ0n) is 11.0. The van der Waals surface area contributed by atoms with Crippen LogP contribution in [0, 0.1) is 5.92 Å². The van der Waals surface area contributed by atoms with E-state index in [-0.39, 0.29) is 18.4 Å². The average molecular weight is 242 g/mol. The zero-order valence-corrected chi connectivity index (χ0v) is 11.0. The maximum absolute atomic E-state index is 12.2. The van der Waals surface area contributed by atoms with Gasteiger partial charge >= 0.3 is 5.97 Å². The van der Waals surface area contributed by atoms with Crippen LogP contribution in [0.5, 0.6) is 0 Å². The van der Waals surface area contributed by atoms with Gasteiger partial charge in [0.15, 0.2) is 0 Å². The van der Waals surface area contributed by atoms with Crippen molar-refractivity contribution in [2.75, 3.05) is 20.1 Å². The molecule has 5 nitrogen and oxygen atoms in total. The fraction of sp³-hybridized carbons (Fsp3) is 0.833. The zero-order chi connectivity index (χ0) is 13.2. The van der Waals surface area contributed by atoms with Crippen molar-refractivity contribution in [3.63, 3.8) is 0 Å². The van der Waals surface area contributed by atoms with Crippen LogP contribution >= 0.6 is 0 Å². The van der Waals surface area contributed by atoms with E-state index in [2.05, 4.69) is 13.8 Å². The largest absolute Gasteiger partial charge is 0.481 e. The van der Waals surface area contributed by atoms with Gasteiger partial charge < -0.3 is 10.0 Å². The molecule has 1 rings (SSSR count). The lowest BCUT2D eigenvalue weighted by atomic mass is 10.0. The van der Waals surface area contributed by atoms with Crippen molar-refractivity contribution in [2.24, 2.45) is 5.92 Å². The van der Waals surface area contributed by atoms with E-state index in [1.807, 2.05) is 23.8 Å². The number of carbonyl (C=O) groups excluding carboxylic acids is 1. The maximum atomic E-state index is 12.2. The van der Waals surface area contributed by atoms with Crippen LogP contribution in [0.3, 0.4) is 0 Å². The highest BCUT2D eigenvalue weighted by molar-refractivity contribution is 5.87. The van der Waals surface area contributed by atoms with Crippen LogP contribution in [-0.4, -0.2) is 59.0 Å². The highest BCUT2D eigenvalue weighted by atomic mass is 16.4. The summed E-state index contributed by atoms with van der Waals surface area (Å²) in [6.45, 7) is 7.56. The van der Waals surface area contributed by atoms with Crippen LogP contribution in [0.25, 0.3) is 0 Å². The smallest absolute Gasteiger partial charge is 0.305 e. The second-order valence-corrected chi connectivity index (χ2v) is 5.29. The number of rotatable bonds is 4. The van der Waals surface area contributed by atoms with Crippen molar-refractivity contribution < 1.29 is 14.7 Å². The summed E-state index contributed by atoms with van der Waals surface area (Å²) in [5.41, 5.74) is 0. The summed E-state index contributed by atoms with van der Waals surface area (Å²) in [4.78, 5) is 26.7. The fourth-order valence-electron chi connectivity index (χ4n) is 2.31. The Morgan fingerprint density at radius 3 is 2.59 bits per heavy atom. The number of likely N-dealkylation sites (N-methyl/N-ethyl adjacent to an activating group) is 1. The van der Waals surface area contributed by atoms with Crippen molar-refractivity contribution in [1.82, 2.24) is 9.80 Å². The van der Waals surface area contributed by atoms with Gasteiger partial charge in [0.2, 0.25) is 5.91 Å². The molecule has 1 N–H and O–H groups in total. The minimum Gasteiger partial charge on any atom is -0.481 e. The standard InChI is InChI=1S/C12H22N2O3/c1-8(2)6-14-9(3)7-13(4)10(12(14)17)5-11(15)16/h8-10H,5-7H2,1-4H3,(H,15,16). The van der Waals surface area contributed by atoms with Crippen molar-refractivity contribution in [2.45, 2.75) is 39.3 Å². The molecular formula is C12H22N2O3. The molecule has 2 unspecified atom stereocenters. The van der Waals surface area contributed by atoms with Gasteiger partial charge in [0.1, 0.15) is 0 Å². The lowest BCUT2D eigenvalue weighted by Gasteiger charge is -2.43. The summed E-state index contributed by atoms with van der Waals surface area (Å²) < 4.78 is 0. The number of hydrogen-bond acceptors (Lipinski definition) is 3. The van der Waals surface area contributed by atoms with E-state index in [0.29, 0.717) is 12.5 Å². The monoisotopic (exact) mass is 242 g/mol. The minimum absolute atomic E-state index is 0.0534. The number of amides is 1. The van der Waals surface area contributed by atoms with E-state index in [1.54, 1.807) is 0 Å². The predicted molar refractivity (Wildman–Crippen MR) is 64.7 cm³/mol. The van der Waals surface area contributed by atoms with Crippen LogP contribution in [0.1, 0.15) is 27.2 Å².